The van der Waals surface area contributed by atoms with E-state index in [-0.39, 0.29) is 6.71 Å². The fourth-order valence-corrected chi connectivity index (χ4v) is 10.6. The third-order valence-electron chi connectivity index (χ3n) is 13.5. The summed E-state index contributed by atoms with van der Waals surface area (Å²) < 4.78 is 14.1. The summed E-state index contributed by atoms with van der Waals surface area (Å²) in [5.74, 6) is 3.61. The van der Waals surface area contributed by atoms with Crippen LogP contribution in [0.1, 0.15) is 11.1 Å². The second-order valence-corrected chi connectivity index (χ2v) is 16.8. The third-order valence-corrected chi connectivity index (χ3v) is 13.5. The van der Waals surface area contributed by atoms with Crippen LogP contribution in [0.3, 0.4) is 0 Å². The molecule has 0 atom stereocenters. The lowest BCUT2D eigenvalue weighted by atomic mass is 9.34. The molecule has 14 rings (SSSR count). The summed E-state index contributed by atoms with van der Waals surface area (Å²) in [6.45, 7) is -0.0551. The summed E-state index contributed by atoms with van der Waals surface area (Å²) in [6.07, 6.45) is 2.02. The molecule has 0 radical (unpaired) electrons. The maximum Gasteiger partial charge on any atom is 0.260 e. The molecule has 4 aliphatic heterocycles. The van der Waals surface area contributed by atoms with Crippen molar-refractivity contribution in [1.29, 1.82) is 0 Å². The highest BCUT2D eigenvalue weighted by Crippen LogP contribution is 2.56. The highest BCUT2D eigenvalue weighted by atomic mass is 16.5. The van der Waals surface area contributed by atoms with Gasteiger partial charge < -0.3 is 29.1 Å². The largest absolute Gasteiger partial charge is 0.458 e. The third kappa shape index (κ3) is 4.96. The lowest BCUT2D eigenvalue weighted by Gasteiger charge is -2.41. The minimum Gasteiger partial charge on any atom is -0.458 e. The molecule has 9 aromatic carbocycles. The number of fused-ring (bicyclic) bond motifs is 10. The highest BCUT2D eigenvalue weighted by molar-refractivity contribution is 6.98. The van der Waals surface area contributed by atoms with E-state index in [1.54, 1.807) is 0 Å². The molecular weight excluding hydrogens is 771 g/mol. The standard InChI is InChI=1S/C56H37BN4O2/c1-3-15-37(16-4-1)58-44-19-7-11-23-48(44)60(49-24-12-8-20-45(49)58)39-28-31-42-52(34-39)62-54-33-36-27-30-41(36)56-55(54)57(42)43-32-29-40(35-53(43)63-56)61-50-25-13-9-21-46(50)59(38-17-5-2-6-18-38)47-22-10-14-26-51(47)61/h1-26,28-29,31-35H,27,30H2. The Morgan fingerprint density at radius 2 is 0.714 bits per heavy atom. The molecule has 9 aromatic rings. The summed E-state index contributed by atoms with van der Waals surface area (Å²) in [5.41, 5.74) is 19.3. The quantitative estimate of drug-likeness (QED) is 0.165. The van der Waals surface area contributed by atoms with Gasteiger partial charge >= 0.3 is 0 Å². The number of nitrogens with zero attached hydrogens (tertiary/aromatic N) is 4. The summed E-state index contributed by atoms with van der Waals surface area (Å²) in [6, 6.07) is 71.8. The maximum absolute atomic E-state index is 7.11. The fourth-order valence-electron chi connectivity index (χ4n) is 10.6. The van der Waals surface area contributed by atoms with Crippen LogP contribution in [0.4, 0.5) is 68.2 Å². The number of aryl methyl sites for hydroxylation is 1. The van der Waals surface area contributed by atoms with E-state index in [0.29, 0.717) is 0 Å². The van der Waals surface area contributed by atoms with Crippen molar-refractivity contribution >= 4 is 91.3 Å². The van der Waals surface area contributed by atoms with Crippen LogP contribution in [-0.4, -0.2) is 6.71 Å². The van der Waals surface area contributed by atoms with Gasteiger partial charge in [0.25, 0.3) is 6.71 Å². The van der Waals surface area contributed by atoms with Gasteiger partial charge in [0.15, 0.2) is 0 Å². The van der Waals surface area contributed by atoms with Crippen LogP contribution in [0.5, 0.6) is 23.0 Å². The number of benzene rings is 9. The van der Waals surface area contributed by atoms with Gasteiger partial charge in [-0.1, -0.05) is 97.1 Å². The van der Waals surface area contributed by atoms with Crippen LogP contribution in [-0.2, 0) is 12.8 Å². The predicted molar refractivity (Wildman–Crippen MR) is 257 cm³/mol. The molecule has 0 N–H and O–H groups in total. The average Bonchev–Trinajstić information content (AvgIpc) is 3.33. The molecular formula is C56H37BN4O2. The molecule has 0 unspecified atom stereocenters. The molecule has 296 valence electrons. The van der Waals surface area contributed by atoms with E-state index in [9.17, 15) is 0 Å². The van der Waals surface area contributed by atoms with E-state index in [4.69, 9.17) is 9.47 Å². The lowest BCUT2D eigenvalue weighted by molar-refractivity contribution is 0.454. The van der Waals surface area contributed by atoms with Crippen molar-refractivity contribution < 1.29 is 9.47 Å². The Morgan fingerprint density at radius 1 is 0.333 bits per heavy atom. The van der Waals surface area contributed by atoms with E-state index in [0.717, 1.165) is 120 Å². The Hall–Kier alpha value is -8.16. The molecule has 0 saturated carbocycles. The molecule has 5 aliphatic rings. The van der Waals surface area contributed by atoms with Gasteiger partial charge in [-0.15, -0.1) is 0 Å². The van der Waals surface area contributed by atoms with Crippen molar-refractivity contribution in [2.75, 3.05) is 19.6 Å². The second kappa shape index (κ2) is 13.2. The zero-order chi connectivity index (χ0) is 41.2. The van der Waals surface area contributed by atoms with E-state index in [1.165, 1.54) is 11.1 Å². The monoisotopic (exact) mass is 808 g/mol. The van der Waals surface area contributed by atoms with E-state index >= 15 is 0 Å². The first-order valence-electron chi connectivity index (χ1n) is 21.8. The molecule has 6 nitrogen and oxygen atoms in total. The zero-order valence-electron chi connectivity index (χ0n) is 34.1. The first kappa shape index (κ1) is 34.5. The average molecular weight is 809 g/mol. The molecule has 0 amide bonds. The van der Waals surface area contributed by atoms with Crippen molar-refractivity contribution in [3.63, 3.8) is 0 Å². The van der Waals surface area contributed by atoms with Gasteiger partial charge in [0.1, 0.15) is 23.0 Å². The molecule has 0 bridgehead atoms. The van der Waals surface area contributed by atoms with Crippen molar-refractivity contribution in [3.8, 4) is 23.0 Å². The van der Waals surface area contributed by atoms with Gasteiger partial charge in [0, 0.05) is 40.3 Å². The first-order valence-corrected chi connectivity index (χ1v) is 21.8. The smallest absolute Gasteiger partial charge is 0.260 e. The number of anilines is 12. The second-order valence-electron chi connectivity index (χ2n) is 16.8. The predicted octanol–water partition coefficient (Wildman–Crippen LogP) is 13.0. The summed E-state index contributed by atoms with van der Waals surface area (Å²) in [7, 11) is 0. The zero-order valence-corrected chi connectivity index (χ0v) is 34.1. The van der Waals surface area contributed by atoms with E-state index in [1.807, 2.05) is 0 Å². The van der Waals surface area contributed by atoms with Gasteiger partial charge in [-0.25, -0.2) is 0 Å². The molecule has 63 heavy (non-hydrogen) atoms. The number of rotatable bonds is 4. The Balaban J connectivity index is 0.907. The van der Waals surface area contributed by atoms with E-state index in [2.05, 4.69) is 220 Å². The van der Waals surface area contributed by atoms with Crippen LogP contribution < -0.4 is 45.5 Å². The van der Waals surface area contributed by atoms with Crippen LogP contribution in [0.2, 0.25) is 0 Å². The van der Waals surface area contributed by atoms with Crippen LogP contribution >= 0.6 is 0 Å². The number of hydrogen-bond donors (Lipinski definition) is 0. The molecule has 0 fully saturated rings. The first-order chi connectivity index (χ1) is 31.3. The normalized spacial score (nSPS) is 14.3. The van der Waals surface area contributed by atoms with Crippen molar-refractivity contribution in [1.82, 2.24) is 0 Å². The molecule has 7 heteroatoms. The van der Waals surface area contributed by atoms with Crippen molar-refractivity contribution in [2.24, 2.45) is 0 Å². The van der Waals surface area contributed by atoms with Crippen molar-refractivity contribution in [3.05, 3.63) is 211 Å². The summed E-state index contributed by atoms with van der Waals surface area (Å²) in [4.78, 5) is 9.49. The van der Waals surface area contributed by atoms with Gasteiger partial charge in [-0.05, 0) is 126 Å². The summed E-state index contributed by atoms with van der Waals surface area (Å²) in [5, 5.41) is 0. The maximum atomic E-state index is 7.11. The molecule has 0 aromatic heterocycles. The van der Waals surface area contributed by atoms with Crippen LogP contribution in [0.25, 0.3) is 0 Å². The highest BCUT2D eigenvalue weighted by Gasteiger charge is 2.44. The molecule has 0 saturated heterocycles. The van der Waals surface area contributed by atoms with E-state index < -0.39 is 0 Å². The molecule has 0 spiro atoms. The Bertz CT molecular complexity index is 3250. The SMILES string of the molecule is c1ccc(N2c3ccccc3N(c3ccc4c(c3)Oc3cc5c(c6c3B4c3ccc(N4c7ccccc7N(c7ccccc7)c7ccccc74)cc3O6)CC5)c3ccccc32)cc1. The minimum atomic E-state index is -0.0551. The topological polar surface area (TPSA) is 31.4 Å². The number of ether oxygens (including phenoxy) is 2. The Labute approximate surface area is 366 Å². The van der Waals surface area contributed by atoms with Crippen LogP contribution in [0, 0.1) is 0 Å². The number of para-hydroxylation sites is 10. The number of hydrogen-bond acceptors (Lipinski definition) is 6. The van der Waals surface area contributed by atoms with Gasteiger partial charge in [0.05, 0.1) is 45.5 Å². The Morgan fingerprint density at radius 3 is 1.11 bits per heavy atom. The fraction of sp³-hybridized carbons (Fsp3) is 0.0357. The molecule has 1 aliphatic carbocycles. The van der Waals surface area contributed by atoms with Crippen molar-refractivity contribution in [2.45, 2.75) is 12.8 Å². The summed E-state index contributed by atoms with van der Waals surface area (Å²) >= 11 is 0. The van der Waals surface area contributed by atoms with Gasteiger partial charge in [-0.3, -0.25) is 0 Å². The Kier molecular flexibility index (Phi) is 7.22. The molecule has 4 heterocycles. The lowest BCUT2D eigenvalue weighted by Crippen LogP contribution is -2.58. The minimum absolute atomic E-state index is 0.0551. The van der Waals surface area contributed by atoms with Gasteiger partial charge in [-0.2, -0.15) is 0 Å². The van der Waals surface area contributed by atoms with Crippen LogP contribution in [0.15, 0.2) is 200 Å². The van der Waals surface area contributed by atoms with Gasteiger partial charge in [0.2, 0.25) is 0 Å².